The maximum absolute atomic E-state index is 6.79. The quantitative estimate of drug-likeness (QED) is 0.167. The van der Waals surface area contributed by atoms with Crippen LogP contribution >= 0.6 is 11.3 Å². The van der Waals surface area contributed by atoms with Crippen molar-refractivity contribution in [2.75, 3.05) is 0 Å². The molecular formula is C52H33N3O2S. The van der Waals surface area contributed by atoms with Gasteiger partial charge in [0.15, 0.2) is 17.5 Å². The van der Waals surface area contributed by atoms with Crippen LogP contribution in [0.3, 0.4) is 0 Å². The molecule has 1 atom stereocenters. The second-order valence-corrected chi connectivity index (χ2v) is 16.8. The van der Waals surface area contributed by atoms with Crippen LogP contribution in [0, 0.1) is 0 Å². The zero-order chi connectivity index (χ0) is 38.1. The van der Waals surface area contributed by atoms with Gasteiger partial charge in [-0.3, -0.25) is 0 Å². The van der Waals surface area contributed by atoms with Gasteiger partial charge in [-0.2, -0.15) is 0 Å². The zero-order valence-electron chi connectivity index (χ0n) is 31.5. The van der Waals surface area contributed by atoms with Crippen LogP contribution in [-0.4, -0.2) is 15.0 Å². The molecule has 274 valence electrons. The van der Waals surface area contributed by atoms with Gasteiger partial charge >= 0.3 is 0 Å². The van der Waals surface area contributed by atoms with Crippen molar-refractivity contribution in [2.24, 2.45) is 0 Å². The standard InChI is InChI=1S/C52H33N3O2S/c1-28-11-7-15-33-34-25-24-31(48-46(34)45-37(44(28)33)18-10-21-42(45)57-48)30-23-26-41-40(27-30)35-16-8-19-38(47(35)56-41)51-53-50(29-12-3-2-4-13-29)54-52(55-51)39-20-9-17-36-32-14-5-6-22-43(32)58-49(36)39/h3,5-10,12-28H,2,4,11H2,1H3. The minimum atomic E-state index is 0.456. The van der Waals surface area contributed by atoms with E-state index in [9.17, 15) is 0 Å². The van der Waals surface area contributed by atoms with E-state index in [1.54, 1.807) is 11.3 Å². The van der Waals surface area contributed by atoms with Crippen molar-refractivity contribution in [1.82, 2.24) is 15.0 Å². The van der Waals surface area contributed by atoms with Gasteiger partial charge in [0.25, 0.3) is 0 Å². The van der Waals surface area contributed by atoms with E-state index in [4.69, 9.17) is 23.8 Å². The number of hydrogen-bond donors (Lipinski definition) is 0. The average Bonchev–Trinajstić information content (AvgIpc) is 3.98. The van der Waals surface area contributed by atoms with Crippen LogP contribution in [0.1, 0.15) is 49.1 Å². The van der Waals surface area contributed by atoms with E-state index in [0.717, 1.165) is 80.2 Å². The third-order valence-corrected chi connectivity index (χ3v) is 13.6. The van der Waals surface area contributed by atoms with Gasteiger partial charge in [0, 0.05) is 58.4 Å². The van der Waals surface area contributed by atoms with Gasteiger partial charge in [-0.15, -0.1) is 11.3 Å². The largest absolute Gasteiger partial charge is 0.455 e. The number of rotatable bonds is 4. The number of aromatic nitrogens is 3. The van der Waals surface area contributed by atoms with Gasteiger partial charge in [0.05, 0.1) is 5.56 Å². The molecule has 0 aliphatic heterocycles. The summed E-state index contributed by atoms with van der Waals surface area (Å²) in [5.74, 6) is 2.37. The van der Waals surface area contributed by atoms with Crippen molar-refractivity contribution < 1.29 is 8.83 Å². The molecule has 7 aromatic carbocycles. The molecular weight excluding hydrogens is 731 g/mol. The third-order valence-electron chi connectivity index (χ3n) is 12.4. The number of nitrogens with zero attached hydrogens (tertiary/aromatic N) is 3. The number of para-hydroxylation sites is 1. The number of thiophene rings is 1. The first-order valence-corrected chi connectivity index (χ1v) is 20.9. The molecule has 0 radical (unpaired) electrons. The Hall–Kier alpha value is -6.89. The summed E-state index contributed by atoms with van der Waals surface area (Å²) in [5, 5.41) is 9.50. The first-order valence-electron chi connectivity index (χ1n) is 20.1. The molecule has 0 amide bonds. The number of benzene rings is 7. The molecule has 0 fully saturated rings. The number of furan rings is 2. The second kappa shape index (κ2) is 12.1. The molecule has 4 heterocycles. The van der Waals surface area contributed by atoms with Gasteiger partial charge in [-0.25, -0.2) is 15.0 Å². The van der Waals surface area contributed by atoms with Crippen molar-refractivity contribution in [3.63, 3.8) is 0 Å². The first-order chi connectivity index (χ1) is 28.7. The fourth-order valence-corrected chi connectivity index (χ4v) is 10.9. The Bertz CT molecular complexity index is 3630. The van der Waals surface area contributed by atoms with Crippen molar-refractivity contribution in [2.45, 2.75) is 32.1 Å². The lowest BCUT2D eigenvalue weighted by Gasteiger charge is -2.22. The van der Waals surface area contributed by atoms with E-state index in [2.05, 4.69) is 146 Å². The summed E-state index contributed by atoms with van der Waals surface area (Å²) < 4.78 is 16.0. The lowest BCUT2D eigenvalue weighted by molar-refractivity contribution is 0.668. The van der Waals surface area contributed by atoms with E-state index in [1.165, 1.54) is 52.8 Å². The van der Waals surface area contributed by atoms with Crippen LogP contribution < -0.4 is 0 Å². The van der Waals surface area contributed by atoms with Gasteiger partial charge in [-0.1, -0.05) is 104 Å². The smallest absolute Gasteiger partial charge is 0.167 e. The fourth-order valence-electron chi connectivity index (χ4n) is 9.70. The Morgan fingerprint density at radius 3 is 2.28 bits per heavy atom. The molecule has 0 bridgehead atoms. The van der Waals surface area contributed by atoms with Crippen LogP contribution in [0.4, 0.5) is 0 Å². The Morgan fingerprint density at radius 1 is 0.569 bits per heavy atom. The Morgan fingerprint density at radius 2 is 1.36 bits per heavy atom. The van der Waals surface area contributed by atoms with Crippen molar-refractivity contribution >= 4 is 97.8 Å². The van der Waals surface area contributed by atoms with Gasteiger partial charge in [0.2, 0.25) is 0 Å². The molecule has 0 spiro atoms. The summed E-state index contributed by atoms with van der Waals surface area (Å²) in [5.41, 5.74) is 11.2. The summed E-state index contributed by atoms with van der Waals surface area (Å²) in [6.45, 7) is 2.33. The summed E-state index contributed by atoms with van der Waals surface area (Å²) in [6.07, 6.45) is 14.2. The molecule has 0 saturated carbocycles. The predicted octanol–water partition coefficient (Wildman–Crippen LogP) is 14.9. The Kier molecular flexibility index (Phi) is 6.70. The highest BCUT2D eigenvalue weighted by Crippen LogP contribution is 2.49. The lowest BCUT2D eigenvalue weighted by Crippen LogP contribution is -2.03. The summed E-state index contributed by atoms with van der Waals surface area (Å²) >= 11 is 1.78. The van der Waals surface area contributed by atoms with E-state index < -0.39 is 0 Å². The summed E-state index contributed by atoms with van der Waals surface area (Å²) in [7, 11) is 0. The maximum atomic E-state index is 6.79. The highest BCUT2D eigenvalue weighted by molar-refractivity contribution is 7.26. The minimum Gasteiger partial charge on any atom is -0.455 e. The average molecular weight is 764 g/mol. The molecule has 13 rings (SSSR count). The highest BCUT2D eigenvalue weighted by Gasteiger charge is 2.26. The second-order valence-electron chi connectivity index (χ2n) is 15.7. The van der Waals surface area contributed by atoms with E-state index in [-0.39, 0.29) is 0 Å². The number of allylic oxidation sites excluding steroid dienone is 5. The molecule has 2 aliphatic carbocycles. The number of fused-ring (bicyclic) bond motifs is 9. The van der Waals surface area contributed by atoms with Crippen LogP contribution in [0.2, 0.25) is 0 Å². The SMILES string of the molecule is CC1CC=Cc2c1c1cccc3oc4c(-c5ccc6oc7c(-c8nc(C9=CCCC=C9)nc(-c9cccc%10c9sc9ccccc9%10)n8)cccc7c6c5)ccc2c4c31. The van der Waals surface area contributed by atoms with Crippen LogP contribution in [0.15, 0.2) is 142 Å². The highest BCUT2D eigenvalue weighted by atomic mass is 32.1. The molecule has 11 aromatic rings. The molecule has 1 unspecified atom stereocenters. The van der Waals surface area contributed by atoms with Crippen molar-refractivity contribution in [1.29, 1.82) is 0 Å². The zero-order valence-corrected chi connectivity index (χ0v) is 32.4. The third kappa shape index (κ3) is 4.55. The number of hydrogen-bond acceptors (Lipinski definition) is 6. The lowest BCUT2D eigenvalue weighted by atomic mass is 9.81. The first kappa shape index (κ1) is 32.2. The van der Waals surface area contributed by atoms with E-state index >= 15 is 0 Å². The van der Waals surface area contributed by atoms with Crippen molar-refractivity contribution in [3.05, 3.63) is 150 Å². The van der Waals surface area contributed by atoms with Gasteiger partial charge in [0.1, 0.15) is 22.3 Å². The Balaban J connectivity index is 0.997. The van der Waals surface area contributed by atoms with Gasteiger partial charge in [-0.05, 0) is 95.1 Å². The van der Waals surface area contributed by atoms with E-state index in [0.29, 0.717) is 23.4 Å². The molecule has 0 saturated heterocycles. The molecule has 0 N–H and O–H groups in total. The summed E-state index contributed by atoms with van der Waals surface area (Å²) in [4.78, 5) is 15.5. The molecule has 4 aromatic heterocycles. The maximum Gasteiger partial charge on any atom is 0.167 e. The normalized spacial score (nSPS) is 15.6. The van der Waals surface area contributed by atoms with E-state index in [1.807, 2.05) is 0 Å². The van der Waals surface area contributed by atoms with Crippen LogP contribution in [-0.2, 0) is 0 Å². The summed E-state index contributed by atoms with van der Waals surface area (Å²) in [6, 6.07) is 38.8. The molecule has 5 nitrogen and oxygen atoms in total. The topological polar surface area (TPSA) is 65.0 Å². The molecule has 6 heteroatoms. The minimum absolute atomic E-state index is 0.456. The molecule has 2 aliphatic rings. The molecule has 58 heavy (non-hydrogen) atoms. The fraction of sp³-hybridized carbons (Fsp3) is 0.0962. The van der Waals surface area contributed by atoms with Crippen LogP contribution in [0.5, 0.6) is 0 Å². The van der Waals surface area contributed by atoms with Gasteiger partial charge < -0.3 is 8.83 Å². The predicted molar refractivity (Wildman–Crippen MR) is 241 cm³/mol. The van der Waals surface area contributed by atoms with Crippen LogP contribution in [0.25, 0.3) is 120 Å². The van der Waals surface area contributed by atoms with Crippen molar-refractivity contribution in [3.8, 4) is 33.9 Å². The Labute approximate surface area is 336 Å². The monoisotopic (exact) mass is 763 g/mol.